The fourth-order valence-electron chi connectivity index (χ4n) is 1.43. The van der Waals surface area contributed by atoms with E-state index in [0.717, 1.165) is 0 Å². The minimum absolute atomic E-state index is 0.107. The summed E-state index contributed by atoms with van der Waals surface area (Å²) < 4.78 is 4.52. The van der Waals surface area contributed by atoms with Crippen molar-refractivity contribution >= 4 is 17.9 Å². The molecule has 0 spiro atoms. The number of methoxy groups -OCH3 is 1. The van der Waals surface area contributed by atoms with E-state index in [9.17, 15) is 14.4 Å². The molecule has 0 heterocycles. The SMILES string of the molecule is COC(=O)CCCN(C)CC(=O)NC(=O)NCC(C)C. The second kappa shape index (κ2) is 10.2. The van der Waals surface area contributed by atoms with Crippen LogP contribution in [-0.4, -0.2) is 56.6 Å². The van der Waals surface area contributed by atoms with Crippen LogP contribution >= 0.6 is 0 Å². The van der Waals surface area contributed by atoms with Gasteiger partial charge in [0.05, 0.1) is 13.7 Å². The van der Waals surface area contributed by atoms with Crippen molar-refractivity contribution in [1.29, 1.82) is 0 Å². The number of amides is 3. The Bertz CT molecular complexity index is 332. The smallest absolute Gasteiger partial charge is 0.321 e. The van der Waals surface area contributed by atoms with Gasteiger partial charge in [-0.3, -0.25) is 19.8 Å². The summed E-state index contributed by atoms with van der Waals surface area (Å²) in [7, 11) is 3.10. The number of carbonyl (C=O) groups excluding carboxylic acids is 3. The summed E-state index contributed by atoms with van der Waals surface area (Å²) in [6.07, 6.45) is 0.924. The Morgan fingerprint density at radius 2 is 1.90 bits per heavy atom. The molecule has 0 saturated heterocycles. The molecule has 116 valence electrons. The third-order valence-electron chi connectivity index (χ3n) is 2.49. The van der Waals surface area contributed by atoms with Gasteiger partial charge in [0, 0.05) is 13.0 Å². The Kier molecular flexibility index (Phi) is 9.36. The highest BCUT2D eigenvalue weighted by molar-refractivity contribution is 5.95. The summed E-state index contributed by atoms with van der Waals surface area (Å²) >= 11 is 0. The molecule has 0 atom stereocenters. The zero-order chi connectivity index (χ0) is 15.5. The van der Waals surface area contributed by atoms with Gasteiger partial charge in [-0.05, 0) is 25.9 Å². The maximum atomic E-state index is 11.6. The first kappa shape index (κ1) is 18.4. The lowest BCUT2D eigenvalue weighted by Crippen LogP contribution is -2.44. The van der Waals surface area contributed by atoms with Crippen LogP contribution in [0.15, 0.2) is 0 Å². The Hall–Kier alpha value is -1.63. The van der Waals surface area contributed by atoms with Crippen LogP contribution in [0.4, 0.5) is 4.79 Å². The maximum Gasteiger partial charge on any atom is 0.321 e. The van der Waals surface area contributed by atoms with Gasteiger partial charge in [0.25, 0.3) is 0 Å². The van der Waals surface area contributed by atoms with Gasteiger partial charge in [0.1, 0.15) is 0 Å². The molecule has 3 amide bonds. The predicted molar refractivity (Wildman–Crippen MR) is 75.1 cm³/mol. The summed E-state index contributed by atoms with van der Waals surface area (Å²) in [6.45, 7) is 5.15. The van der Waals surface area contributed by atoms with Crippen molar-refractivity contribution in [3.05, 3.63) is 0 Å². The largest absolute Gasteiger partial charge is 0.469 e. The van der Waals surface area contributed by atoms with Crippen LogP contribution in [0, 0.1) is 5.92 Å². The molecule has 0 unspecified atom stereocenters. The summed E-state index contributed by atoms with van der Waals surface area (Å²) in [5.41, 5.74) is 0. The van der Waals surface area contributed by atoms with Crippen LogP contribution in [0.5, 0.6) is 0 Å². The number of carbonyl (C=O) groups is 3. The number of rotatable bonds is 8. The van der Waals surface area contributed by atoms with Crippen LogP contribution in [0.2, 0.25) is 0 Å². The van der Waals surface area contributed by atoms with E-state index in [2.05, 4.69) is 15.4 Å². The van der Waals surface area contributed by atoms with Gasteiger partial charge in [-0.15, -0.1) is 0 Å². The molecule has 7 nitrogen and oxygen atoms in total. The number of urea groups is 1. The Balaban J connectivity index is 3.78. The number of nitrogens with zero attached hydrogens (tertiary/aromatic N) is 1. The molecule has 0 saturated carbocycles. The molecular formula is C13H25N3O4. The second-order valence-corrected chi connectivity index (χ2v) is 5.07. The highest BCUT2D eigenvalue weighted by atomic mass is 16.5. The topological polar surface area (TPSA) is 87.7 Å². The second-order valence-electron chi connectivity index (χ2n) is 5.07. The lowest BCUT2D eigenvalue weighted by atomic mass is 10.2. The molecule has 0 aliphatic heterocycles. The average molecular weight is 287 g/mol. The van der Waals surface area contributed by atoms with Crippen molar-refractivity contribution in [3.63, 3.8) is 0 Å². The number of hydrogen-bond donors (Lipinski definition) is 2. The zero-order valence-corrected chi connectivity index (χ0v) is 12.7. The van der Waals surface area contributed by atoms with Gasteiger partial charge in [0.15, 0.2) is 0 Å². The van der Waals surface area contributed by atoms with Crippen molar-refractivity contribution in [3.8, 4) is 0 Å². The third kappa shape index (κ3) is 10.3. The summed E-state index contributed by atoms with van der Waals surface area (Å²) in [5.74, 6) is -0.306. The van der Waals surface area contributed by atoms with E-state index < -0.39 is 6.03 Å². The molecule has 0 aliphatic carbocycles. The molecule has 0 aromatic carbocycles. The molecule has 0 fully saturated rings. The van der Waals surface area contributed by atoms with E-state index in [-0.39, 0.29) is 18.4 Å². The van der Waals surface area contributed by atoms with Crippen molar-refractivity contribution in [2.75, 3.05) is 33.8 Å². The zero-order valence-electron chi connectivity index (χ0n) is 12.7. The number of imide groups is 1. The number of ether oxygens (including phenoxy) is 1. The molecule has 0 bridgehead atoms. The highest BCUT2D eigenvalue weighted by Gasteiger charge is 2.11. The molecule has 0 rings (SSSR count). The van der Waals surface area contributed by atoms with Crippen molar-refractivity contribution < 1.29 is 19.1 Å². The van der Waals surface area contributed by atoms with Crippen molar-refractivity contribution in [2.45, 2.75) is 26.7 Å². The Morgan fingerprint density at radius 3 is 2.45 bits per heavy atom. The van der Waals surface area contributed by atoms with Crippen molar-refractivity contribution in [2.24, 2.45) is 5.92 Å². The van der Waals surface area contributed by atoms with Crippen LogP contribution in [-0.2, 0) is 14.3 Å². The third-order valence-corrected chi connectivity index (χ3v) is 2.49. The number of likely N-dealkylation sites (N-methyl/N-ethyl adjacent to an activating group) is 1. The lowest BCUT2D eigenvalue weighted by Gasteiger charge is -2.15. The molecule has 0 aromatic rings. The van der Waals surface area contributed by atoms with E-state index in [4.69, 9.17) is 0 Å². The van der Waals surface area contributed by atoms with E-state index in [1.165, 1.54) is 7.11 Å². The van der Waals surface area contributed by atoms with E-state index in [1.54, 1.807) is 11.9 Å². The number of hydrogen-bond acceptors (Lipinski definition) is 5. The maximum absolute atomic E-state index is 11.6. The monoisotopic (exact) mass is 287 g/mol. The van der Waals surface area contributed by atoms with Gasteiger partial charge in [-0.25, -0.2) is 4.79 Å². The predicted octanol–water partition coefficient (Wildman–Crippen LogP) is 0.353. The quantitative estimate of drug-likeness (QED) is 0.629. The van der Waals surface area contributed by atoms with Gasteiger partial charge in [-0.1, -0.05) is 13.8 Å². The van der Waals surface area contributed by atoms with Gasteiger partial charge >= 0.3 is 12.0 Å². The van der Waals surface area contributed by atoms with E-state index in [1.807, 2.05) is 13.8 Å². The minimum Gasteiger partial charge on any atom is -0.469 e. The summed E-state index contributed by atoms with van der Waals surface area (Å²) in [6, 6.07) is -0.480. The van der Waals surface area contributed by atoms with Gasteiger partial charge < -0.3 is 10.1 Å². The highest BCUT2D eigenvalue weighted by Crippen LogP contribution is 1.94. The van der Waals surface area contributed by atoms with Crippen LogP contribution in [0.25, 0.3) is 0 Å². The molecule has 20 heavy (non-hydrogen) atoms. The average Bonchev–Trinajstić information content (AvgIpc) is 2.35. The molecule has 0 aromatic heterocycles. The first-order valence-electron chi connectivity index (χ1n) is 6.68. The van der Waals surface area contributed by atoms with Gasteiger partial charge in [0.2, 0.25) is 5.91 Å². The molecular weight excluding hydrogens is 262 g/mol. The van der Waals surface area contributed by atoms with Gasteiger partial charge in [-0.2, -0.15) is 0 Å². The molecule has 0 aliphatic rings. The first-order valence-corrected chi connectivity index (χ1v) is 6.68. The summed E-state index contributed by atoms with van der Waals surface area (Å²) in [4.78, 5) is 35.6. The normalized spacial score (nSPS) is 10.5. The van der Waals surface area contributed by atoms with Crippen LogP contribution < -0.4 is 10.6 Å². The molecule has 2 N–H and O–H groups in total. The molecule has 7 heteroatoms. The number of nitrogens with one attached hydrogen (secondary N) is 2. The minimum atomic E-state index is -0.480. The van der Waals surface area contributed by atoms with Crippen LogP contribution in [0.3, 0.4) is 0 Å². The standard InChI is InChI=1S/C13H25N3O4/c1-10(2)8-14-13(19)15-11(17)9-16(3)7-5-6-12(18)20-4/h10H,5-9H2,1-4H3,(H2,14,15,17,19). The lowest BCUT2D eigenvalue weighted by molar-refractivity contribution is -0.140. The first-order chi connectivity index (χ1) is 9.35. The van der Waals surface area contributed by atoms with Crippen molar-refractivity contribution in [1.82, 2.24) is 15.5 Å². The fraction of sp³-hybridized carbons (Fsp3) is 0.769. The van der Waals surface area contributed by atoms with E-state index >= 15 is 0 Å². The molecule has 0 radical (unpaired) electrons. The summed E-state index contributed by atoms with van der Waals surface area (Å²) in [5, 5.41) is 4.86. The van der Waals surface area contributed by atoms with E-state index in [0.29, 0.717) is 31.8 Å². The number of esters is 1. The van der Waals surface area contributed by atoms with Crippen LogP contribution in [0.1, 0.15) is 26.7 Å². The fourth-order valence-corrected chi connectivity index (χ4v) is 1.43. The Morgan fingerprint density at radius 1 is 1.25 bits per heavy atom. The Labute approximate surface area is 120 Å².